The van der Waals surface area contributed by atoms with Crippen molar-refractivity contribution in [1.29, 1.82) is 0 Å². The SMILES string of the molecule is OC(CC1CCCCCN1CCc1ccncc1)c1ccco1. The van der Waals surface area contributed by atoms with Gasteiger partial charge in [-0.2, -0.15) is 0 Å². The van der Waals surface area contributed by atoms with E-state index in [1.165, 1.54) is 24.8 Å². The Hall–Kier alpha value is -1.65. The van der Waals surface area contributed by atoms with Gasteiger partial charge >= 0.3 is 0 Å². The second kappa shape index (κ2) is 8.27. The number of pyridine rings is 1. The van der Waals surface area contributed by atoms with Gasteiger partial charge in [0.2, 0.25) is 0 Å². The molecule has 124 valence electrons. The van der Waals surface area contributed by atoms with E-state index in [0.29, 0.717) is 11.8 Å². The van der Waals surface area contributed by atoms with E-state index in [2.05, 4.69) is 22.0 Å². The van der Waals surface area contributed by atoms with E-state index in [0.717, 1.165) is 32.4 Å². The van der Waals surface area contributed by atoms with Crippen molar-refractivity contribution in [3.8, 4) is 0 Å². The van der Waals surface area contributed by atoms with E-state index in [9.17, 15) is 5.11 Å². The third-order valence-corrected chi connectivity index (χ3v) is 4.80. The molecule has 2 aromatic rings. The number of hydrogen-bond acceptors (Lipinski definition) is 4. The van der Waals surface area contributed by atoms with Gasteiger partial charge in [0.25, 0.3) is 0 Å². The molecule has 0 amide bonds. The Labute approximate surface area is 138 Å². The quantitative estimate of drug-likeness (QED) is 0.885. The van der Waals surface area contributed by atoms with Crippen LogP contribution in [0.25, 0.3) is 0 Å². The highest BCUT2D eigenvalue weighted by molar-refractivity contribution is 5.10. The minimum absolute atomic E-state index is 0.430. The highest BCUT2D eigenvalue weighted by Crippen LogP contribution is 2.26. The average Bonchev–Trinajstić information content (AvgIpc) is 3.03. The van der Waals surface area contributed by atoms with Crippen LogP contribution in [0.15, 0.2) is 47.3 Å². The number of nitrogens with zero attached hydrogens (tertiary/aromatic N) is 2. The van der Waals surface area contributed by atoms with Crippen LogP contribution in [0.3, 0.4) is 0 Å². The second-order valence-corrected chi connectivity index (χ2v) is 6.41. The summed E-state index contributed by atoms with van der Waals surface area (Å²) in [5.41, 5.74) is 1.33. The first-order valence-electron chi connectivity index (χ1n) is 8.67. The van der Waals surface area contributed by atoms with Crippen LogP contribution >= 0.6 is 0 Å². The van der Waals surface area contributed by atoms with Gasteiger partial charge in [-0.25, -0.2) is 0 Å². The van der Waals surface area contributed by atoms with Gasteiger partial charge in [-0.3, -0.25) is 9.88 Å². The molecule has 0 bridgehead atoms. The molecule has 0 spiro atoms. The lowest BCUT2D eigenvalue weighted by atomic mass is 10.0. The van der Waals surface area contributed by atoms with Gasteiger partial charge in [0, 0.05) is 25.0 Å². The summed E-state index contributed by atoms with van der Waals surface area (Å²) >= 11 is 0. The second-order valence-electron chi connectivity index (χ2n) is 6.41. The minimum atomic E-state index is -0.503. The highest BCUT2D eigenvalue weighted by atomic mass is 16.4. The van der Waals surface area contributed by atoms with Crippen molar-refractivity contribution in [3.63, 3.8) is 0 Å². The maximum absolute atomic E-state index is 10.4. The molecule has 2 aromatic heterocycles. The Morgan fingerprint density at radius 3 is 2.87 bits per heavy atom. The van der Waals surface area contributed by atoms with Crippen molar-refractivity contribution in [3.05, 3.63) is 54.2 Å². The first kappa shape index (κ1) is 16.2. The summed E-state index contributed by atoms with van der Waals surface area (Å²) in [7, 11) is 0. The predicted molar refractivity (Wildman–Crippen MR) is 90.1 cm³/mol. The van der Waals surface area contributed by atoms with Crippen molar-refractivity contribution in [1.82, 2.24) is 9.88 Å². The van der Waals surface area contributed by atoms with E-state index in [-0.39, 0.29) is 0 Å². The molecule has 2 atom stereocenters. The molecule has 4 nitrogen and oxygen atoms in total. The van der Waals surface area contributed by atoms with Crippen molar-refractivity contribution < 1.29 is 9.52 Å². The lowest BCUT2D eigenvalue weighted by Crippen LogP contribution is -2.37. The average molecular weight is 314 g/mol. The smallest absolute Gasteiger partial charge is 0.132 e. The van der Waals surface area contributed by atoms with Crippen molar-refractivity contribution >= 4 is 0 Å². The molecule has 2 unspecified atom stereocenters. The van der Waals surface area contributed by atoms with Crippen LogP contribution in [0.4, 0.5) is 0 Å². The topological polar surface area (TPSA) is 49.5 Å². The Bertz CT molecular complexity index is 556. The third kappa shape index (κ3) is 4.66. The van der Waals surface area contributed by atoms with Crippen molar-refractivity contribution in [2.45, 2.75) is 50.7 Å². The fourth-order valence-electron chi connectivity index (χ4n) is 3.47. The molecule has 0 saturated carbocycles. The van der Waals surface area contributed by atoms with Crippen LogP contribution in [0.2, 0.25) is 0 Å². The summed E-state index contributed by atoms with van der Waals surface area (Å²) < 4.78 is 5.36. The number of likely N-dealkylation sites (tertiary alicyclic amines) is 1. The van der Waals surface area contributed by atoms with Gasteiger partial charge in [-0.05, 0) is 62.1 Å². The maximum atomic E-state index is 10.4. The van der Waals surface area contributed by atoms with E-state index in [1.807, 2.05) is 24.5 Å². The van der Waals surface area contributed by atoms with Crippen LogP contribution in [0, 0.1) is 0 Å². The molecule has 1 fully saturated rings. The molecule has 1 aliphatic rings. The summed E-state index contributed by atoms with van der Waals surface area (Å²) in [4.78, 5) is 6.64. The normalized spacial score (nSPS) is 21.0. The Balaban J connectivity index is 1.60. The number of aliphatic hydroxyl groups is 1. The van der Waals surface area contributed by atoms with E-state index >= 15 is 0 Å². The van der Waals surface area contributed by atoms with Crippen LogP contribution in [0.1, 0.15) is 49.5 Å². The number of furan rings is 1. The van der Waals surface area contributed by atoms with E-state index in [1.54, 1.807) is 6.26 Å². The lowest BCUT2D eigenvalue weighted by molar-refractivity contribution is 0.0867. The standard InChI is InChI=1S/C19H26N2O2/c22-18(19-6-4-14-23-19)15-17-5-2-1-3-12-21(17)13-9-16-7-10-20-11-8-16/h4,6-8,10-11,14,17-18,22H,1-3,5,9,12-13,15H2. The zero-order valence-corrected chi connectivity index (χ0v) is 13.6. The van der Waals surface area contributed by atoms with Gasteiger partial charge < -0.3 is 9.52 Å². The summed E-state index contributed by atoms with van der Waals surface area (Å²) in [6.45, 7) is 2.17. The molecular weight excluding hydrogens is 288 g/mol. The third-order valence-electron chi connectivity index (χ3n) is 4.80. The molecule has 0 radical (unpaired) electrons. The van der Waals surface area contributed by atoms with Crippen molar-refractivity contribution in [2.24, 2.45) is 0 Å². The van der Waals surface area contributed by atoms with Crippen LogP contribution in [0.5, 0.6) is 0 Å². The summed E-state index contributed by atoms with van der Waals surface area (Å²) in [5, 5.41) is 10.4. The number of hydrogen-bond donors (Lipinski definition) is 1. The van der Waals surface area contributed by atoms with Crippen LogP contribution in [-0.4, -0.2) is 34.1 Å². The maximum Gasteiger partial charge on any atom is 0.132 e. The summed E-state index contributed by atoms with van der Waals surface area (Å²) in [6.07, 6.45) is 11.6. The number of aromatic nitrogens is 1. The van der Waals surface area contributed by atoms with E-state index in [4.69, 9.17) is 4.42 Å². The van der Waals surface area contributed by atoms with Crippen molar-refractivity contribution in [2.75, 3.05) is 13.1 Å². The first-order chi connectivity index (χ1) is 11.3. The summed E-state index contributed by atoms with van der Waals surface area (Å²) in [6, 6.07) is 8.31. The summed E-state index contributed by atoms with van der Waals surface area (Å²) in [5.74, 6) is 0.684. The van der Waals surface area contributed by atoms with Crippen LogP contribution < -0.4 is 0 Å². The Morgan fingerprint density at radius 2 is 2.09 bits per heavy atom. The fraction of sp³-hybridized carbons (Fsp3) is 0.526. The molecule has 23 heavy (non-hydrogen) atoms. The zero-order chi connectivity index (χ0) is 15.9. The molecule has 0 aromatic carbocycles. The fourth-order valence-corrected chi connectivity index (χ4v) is 3.47. The molecule has 3 heterocycles. The Morgan fingerprint density at radius 1 is 1.22 bits per heavy atom. The van der Waals surface area contributed by atoms with E-state index < -0.39 is 6.10 Å². The van der Waals surface area contributed by atoms with Crippen LogP contribution in [-0.2, 0) is 6.42 Å². The molecule has 3 rings (SSSR count). The highest BCUT2D eigenvalue weighted by Gasteiger charge is 2.25. The van der Waals surface area contributed by atoms with Gasteiger partial charge in [-0.15, -0.1) is 0 Å². The van der Waals surface area contributed by atoms with Gasteiger partial charge in [-0.1, -0.05) is 12.8 Å². The molecule has 4 heteroatoms. The van der Waals surface area contributed by atoms with Gasteiger partial charge in [0.15, 0.2) is 0 Å². The molecule has 1 N–H and O–H groups in total. The zero-order valence-electron chi connectivity index (χ0n) is 13.6. The van der Waals surface area contributed by atoms with Gasteiger partial charge in [0.1, 0.15) is 11.9 Å². The Kier molecular flexibility index (Phi) is 5.83. The minimum Gasteiger partial charge on any atom is -0.467 e. The largest absolute Gasteiger partial charge is 0.467 e. The monoisotopic (exact) mass is 314 g/mol. The molecule has 1 saturated heterocycles. The molecule has 0 aliphatic carbocycles. The molecule has 1 aliphatic heterocycles. The van der Waals surface area contributed by atoms with Gasteiger partial charge in [0.05, 0.1) is 6.26 Å². The molecular formula is C19H26N2O2. The number of aliphatic hydroxyl groups excluding tert-OH is 1. The predicted octanol–water partition coefficient (Wildman–Crippen LogP) is 3.59. The lowest BCUT2D eigenvalue weighted by Gasteiger charge is -2.31. The number of rotatable bonds is 6. The first-order valence-corrected chi connectivity index (χ1v) is 8.67.